The van der Waals surface area contributed by atoms with Gasteiger partial charge in [-0.25, -0.2) is 14.4 Å². The van der Waals surface area contributed by atoms with E-state index in [1.807, 2.05) is 13.8 Å². The van der Waals surface area contributed by atoms with E-state index in [4.69, 9.17) is 15.2 Å². The Morgan fingerprint density at radius 3 is 2.12 bits per heavy atom. The van der Waals surface area contributed by atoms with Crippen molar-refractivity contribution in [1.82, 2.24) is 0 Å². The molecule has 0 unspecified atom stereocenters. The number of esters is 2. The molecule has 7 nitrogen and oxygen atoms in total. The second-order valence-corrected chi connectivity index (χ2v) is 5.20. The molecule has 24 heavy (non-hydrogen) atoms. The normalized spacial score (nSPS) is 10.1. The van der Waals surface area contributed by atoms with Gasteiger partial charge in [0.25, 0.3) is 0 Å². The summed E-state index contributed by atoms with van der Waals surface area (Å²) in [6, 6.07) is 3.62. The van der Waals surface area contributed by atoms with E-state index in [0.29, 0.717) is 6.42 Å². The summed E-state index contributed by atoms with van der Waals surface area (Å²) in [4.78, 5) is 35.7. The van der Waals surface area contributed by atoms with Crippen LogP contribution >= 0.6 is 0 Å². The molecule has 0 aromatic heterocycles. The number of unbranched alkanes of at least 4 members (excludes halogenated alkanes) is 2. The lowest BCUT2D eigenvalue weighted by Crippen LogP contribution is -2.23. The first-order valence-corrected chi connectivity index (χ1v) is 8.04. The second-order valence-electron chi connectivity index (χ2n) is 5.20. The standard InChI is InChI=1S/C17H24N2O5/c1-3-5-10-23-15(20)12-8-7-9-13(19-17(18)22)14(12)16(21)24-11-6-4-2/h7-9H,3-6,10-11H2,1-2H3,(H3,18,19,22). The number of anilines is 1. The molecule has 0 saturated heterocycles. The summed E-state index contributed by atoms with van der Waals surface area (Å²) in [6.07, 6.45) is 3.16. The fourth-order valence-corrected chi connectivity index (χ4v) is 1.95. The van der Waals surface area contributed by atoms with Gasteiger partial charge in [0.1, 0.15) is 0 Å². The molecule has 0 aliphatic rings. The van der Waals surface area contributed by atoms with Crippen molar-refractivity contribution < 1.29 is 23.9 Å². The van der Waals surface area contributed by atoms with Gasteiger partial charge in [0, 0.05) is 0 Å². The van der Waals surface area contributed by atoms with Crippen LogP contribution in [0.4, 0.5) is 10.5 Å². The van der Waals surface area contributed by atoms with Crippen molar-refractivity contribution in [2.24, 2.45) is 5.73 Å². The summed E-state index contributed by atoms with van der Waals surface area (Å²) in [6.45, 7) is 4.42. The molecule has 0 radical (unpaired) electrons. The average molecular weight is 336 g/mol. The van der Waals surface area contributed by atoms with Crippen LogP contribution in [0, 0.1) is 0 Å². The highest BCUT2D eigenvalue weighted by Gasteiger charge is 2.23. The lowest BCUT2D eigenvalue weighted by Gasteiger charge is -2.14. The number of rotatable bonds is 9. The van der Waals surface area contributed by atoms with E-state index in [9.17, 15) is 14.4 Å². The third kappa shape index (κ3) is 5.91. The van der Waals surface area contributed by atoms with Gasteiger partial charge >= 0.3 is 18.0 Å². The SMILES string of the molecule is CCCCOC(=O)c1cccc(NC(N)=O)c1C(=O)OCCCC. The molecule has 0 heterocycles. The largest absolute Gasteiger partial charge is 0.462 e. The Morgan fingerprint density at radius 2 is 1.58 bits per heavy atom. The molecule has 0 atom stereocenters. The van der Waals surface area contributed by atoms with Crippen LogP contribution < -0.4 is 11.1 Å². The maximum Gasteiger partial charge on any atom is 0.341 e. The Kier molecular flexibility index (Phi) is 8.32. The van der Waals surface area contributed by atoms with Crippen molar-refractivity contribution in [1.29, 1.82) is 0 Å². The van der Waals surface area contributed by atoms with Crippen LogP contribution in [0.5, 0.6) is 0 Å². The first kappa shape index (κ1) is 19.5. The monoisotopic (exact) mass is 336 g/mol. The third-order valence-corrected chi connectivity index (χ3v) is 3.21. The van der Waals surface area contributed by atoms with Gasteiger partial charge in [-0.05, 0) is 25.0 Å². The van der Waals surface area contributed by atoms with E-state index >= 15 is 0 Å². The van der Waals surface area contributed by atoms with Crippen LogP contribution in [0.15, 0.2) is 18.2 Å². The first-order chi connectivity index (χ1) is 11.5. The molecule has 1 aromatic rings. The molecule has 0 fully saturated rings. The number of nitrogens with one attached hydrogen (secondary N) is 1. The van der Waals surface area contributed by atoms with Crippen LogP contribution in [-0.2, 0) is 9.47 Å². The van der Waals surface area contributed by atoms with E-state index < -0.39 is 18.0 Å². The number of carbonyl (C=O) groups is 3. The zero-order valence-corrected chi connectivity index (χ0v) is 14.1. The summed E-state index contributed by atoms with van der Waals surface area (Å²) in [5.41, 5.74) is 5.23. The van der Waals surface area contributed by atoms with E-state index in [1.54, 1.807) is 0 Å². The number of nitrogens with two attached hydrogens (primary N) is 1. The van der Waals surface area contributed by atoms with Crippen LogP contribution in [0.25, 0.3) is 0 Å². The molecule has 1 rings (SSSR count). The number of amides is 2. The number of urea groups is 1. The predicted octanol–water partition coefficient (Wildman–Crippen LogP) is 3.09. The predicted molar refractivity (Wildman–Crippen MR) is 90.0 cm³/mol. The topological polar surface area (TPSA) is 108 Å². The fraction of sp³-hybridized carbons (Fsp3) is 0.471. The molecular weight excluding hydrogens is 312 g/mol. The van der Waals surface area contributed by atoms with Gasteiger partial charge in [0.2, 0.25) is 0 Å². The van der Waals surface area contributed by atoms with Crippen molar-refractivity contribution in [3.63, 3.8) is 0 Å². The van der Waals surface area contributed by atoms with Crippen LogP contribution in [-0.4, -0.2) is 31.2 Å². The minimum Gasteiger partial charge on any atom is -0.462 e. The van der Waals surface area contributed by atoms with Gasteiger partial charge in [-0.3, -0.25) is 0 Å². The van der Waals surface area contributed by atoms with Gasteiger partial charge < -0.3 is 20.5 Å². The fourth-order valence-electron chi connectivity index (χ4n) is 1.95. The molecule has 0 bridgehead atoms. The number of benzene rings is 1. The third-order valence-electron chi connectivity index (χ3n) is 3.21. The smallest absolute Gasteiger partial charge is 0.341 e. The van der Waals surface area contributed by atoms with Crippen molar-refractivity contribution in [3.05, 3.63) is 29.3 Å². The summed E-state index contributed by atoms with van der Waals surface area (Å²) >= 11 is 0. The maximum absolute atomic E-state index is 12.4. The van der Waals surface area contributed by atoms with Gasteiger partial charge in [0.15, 0.2) is 0 Å². The highest BCUT2D eigenvalue weighted by Crippen LogP contribution is 2.22. The van der Waals surface area contributed by atoms with Crippen molar-refractivity contribution >= 4 is 23.7 Å². The summed E-state index contributed by atoms with van der Waals surface area (Å²) in [5, 5.41) is 2.34. The first-order valence-electron chi connectivity index (χ1n) is 8.04. The van der Waals surface area contributed by atoms with Gasteiger partial charge in [0.05, 0.1) is 30.0 Å². The number of primary amides is 1. The van der Waals surface area contributed by atoms with Crippen molar-refractivity contribution in [2.45, 2.75) is 39.5 Å². The minimum atomic E-state index is -0.839. The minimum absolute atomic E-state index is 0.0406. The molecule has 0 aliphatic heterocycles. The lowest BCUT2D eigenvalue weighted by molar-refractivity contribution is 0.0453. The molecule has 0 aliphatic carbocycles. The molecule has 132 valence electrons. The highest BCUT2D eigenvalue weighted by molar-refractivity contribution is 6.09. The Morgan fingerprint density at radius 1 is 1.00 bits per heavy atom. The van der Waals surface area contributed by atoms with Crippen molar-refractivity contribution in [2.75, 3.05) is 18.5 Å². The molecule has 7 heteroatoms. The van der Waals surface area contributed by atoms with E-state index in [1.165, 1.54) is 18.2 Å². The number of ether oxygens (including phenoxy) is 2. The average Bonchev–Trinajstić information content (AvgIpc) is 2.54. The zero-order chi connectivity index (χ0) is 17.9. The lowest BCUT2D eigenvalue weighted by atomic mass is 10.1. The molecule has 0 spiro atoms. The molecular formula is C17H24N2O5. The number of carbonyl (C=O) groups excluding carboxylic acids is 3. The Labute approximate surface area is 141 Å². The molecule has 2 amide bonds. The number of hydrogen-bond donors (Lipinski definition) is 2. The summed E-state index contributed by atoms with van der Waals surface area (Å²) < 4.78 is 10.3. The highest BCUT2D eigenvalue weighted by atomic mass is 16.5. The maximum atomic E-state index is 12.4. The quantitative estimate of drug-likeness (QED) is 0.532. The second kappa shape index (κ2) is 10.3. The summed E-state index contributed by atoms with van der Waals surface area (Å²) in [5.74, 6) is -1.34. The zero-order valence-electron chi connectivity index (χ0n) is 14.1. The molecule has 0 saturated carbocycles. The van der Waals surface area contributed by atoms with Crippen molar-refractivity contribution in [3.8, 4) is 0 Å². The van der Waals surface area contributed by atoms with Crippen LogP contribution in [0.2, 0.25) is 0 Å². The van der Waals surface area contributed by atoms with Gasteiger partial charge in [-0.15, -0.1) is 0 Å². The summed E-state index contributed by atoms with van der Waals surface area (Å²) in [7, 11) is 0. The Bertz CT molecular complexity index is 586. The van der Waals surface area contributed by atoms with Gasteiger partial charge in [-0.2, -0.15) is 0 Å². The van der Waals surface area contributed by atoms with E-state index in [2.05, 4.69) is 5.32 Å². The van der Waals surface area contributed by atoms with E-state index in [0.717, 1.165) is 19.3 Å². The van der Waals surface area contributed by atoms with Gasteiger partial charge in [-0.1, -0.05) is 32.8 Å². The Balaban J connectivity index is 3.09. The number of hydrogen-bond acceptors (Lipinski definition) is 5. The van der Waals surface area contributed by atoms with Crippen LogP contribution in [0.3, 0.4) is 0 Å². The Hall–Kier alpha value is -2.57. The van der Waals surface area contributed by atoms with E-state index in [-0.39, 0.29) is 30.0 Å². The molecule has 3 N–H and O–H groups in total. The van der Waals surface area contributed by atoms with Crippen LogP contribution in [0.1, 0.15) is 60.2 Å². The molecule has 1 aromatic carbocycles.